The minimum atomic E-state index is -0.679. The number of benzene rings is 6. The molecule has 7 rings (SSSR count). The van der Waals surface area contributed by atoms with Crippen molar-refractivity contribution in [3.05, 3.63) is 212 Å². The molecule has 6 aromatic carbocycles. The van der Waals surface area contributed by atoms with Crippen molar-refractivity contribution in [1.29, 1.82) is 0 Å². The molecule has 1 aromatic heterocycles. The van der Waals surface area contributed by atoms with Crippen LogP contribution in [0.3, 0.4) is 0 Å². The molecule has 0 N–H and O–H groups in total. The number of anilines is 5. The second-order valence-electron chi connectivity index (χ2n) is 12.6. The van der Waals surface area contributed by atoms with Crippen LogP contribution < -0.4 is 9.80 Å². The summed E-state index contributed by atoms with van der Waals surface area (Å²) < 4.78 is 30.4. The van der Waals surface area contributed by atoms with Crippen LogP contribution in [0.2, 0.25) is 0 Å². The Balaban J connectivity index is 1.34. The van der Waals surface area contributed by atoms with Crippen molar-refractivity contribution in [2.24, 2.45) is 0 Å². The molecule has 0 aliphatic carbocycles. The van der Waals surface area contributed by atoms with Crippen LogP contribution in [-0.2, 0) is 0 Å². The lowest BCUT2D eigenvalue weighted by Gasteiger charge is -2.26. The van der Waals surface area contributed by atoms with Crippen molar-refractivity contribution < 1.29 is 8.78 Å². The molecule has 0 saturated heterocycles. The van der Waals surface area contributed by atoms with E-state index in [0.29, 0.717) is 5.56 Å². The van der Waals surface area contributed by atoms with Gasteiger partial charge in [0.15, 0.2) is 0 Å². The highest BCUT2D eigenvalue weighted by atomic mass is 32.1. The van der Waals surface area contributed by atoms with Crippen LogP contribution in [0.25, 0.3) is 32.0 Å². The van der Waals surface area contributed by atoms with Gasteiger partial charge in [-0.05, 0) is 122 Å². The molecular formula is C50H38F2N2S. The van der Waals surface area contributed by atoms with E-state index in [4.69, 9.17) is 0 Å². The number of nitrogens with zero attached hydrogens (tertiary/aromatic N) is 2. The summed E-state index contributed by atoms with van der Waals surface area (Å²) in [6.07, 6.45) is 7.84. The summed E-state index contributed by atoms with van der Waals surface area (Å²) in [5.41, 5.74) is 9.22. The normalized spacial score (nSPS) is 11.2. The molecule has 2 nitrogen and oxygen atoms in total. The van der Waals surface area contributed by atoms with Gasteiger partial charge in [0.1, 0.15) is 11.6 Å². The van der Waals surface area contributed by atoms with Crippen LogP contribution in [0, 0.1) is 23.5 Å². The molecule has 55 heavy (non-hydrogen) atoms. The van der Waals surface area contributed by atoms with E-state index in [9.17, 15) is 0 Å². The quantitative estimate of drug-likeness (QED) is 0.0964. The minimum Gasteiger partial charge on any atom is -0.311 e. The number of allylic oxidation sites excluding steroid dienone is 4. The third kappa shape index (κ3) is 7.96. The first kappa shape index (κ1) is 36.6. The van der Waals surface area contributed by atoms with Crippen molar-refractivity contribution in [3.63, 3.8) is 0 Å². The zero-order valence-electron chi connectivity index (χ0n) is 30.6. The third-order valence-corrected chi connectivity index (χ3v) is 10.3. The molecule has 7 aromatic rings. The maximum Gasteiger partial charge on any atom is 0.142 e. The second kappa shape index (κ2) is 16.9. The largest absolute Gasteiger partial charge is 0.311 e. The van der Waals surface area contributed by atoms with Gasteiger partial charge in [-0.3, -0.25) is 0 Å². The van der Waals surface area contributed by atoms with Crippen LogP contribution in [0.5, 0.6) is 0 Å². The number of halogens is 2. The van der Waals surface area contributed by atoms with Crippen molar-refractivity contribution in [1.82, 2.24) is 0 Å². The molecule has 0 bridgehead atoms. The fraction of sp³-hybridized carbons (Fsp3) is 0.0400. The molecule has 0 atom stereocenters. The second-order valence-corrected chi connectivity index (χ2v) is 13.7. The van der Waals surface area contributed by atoms with Gasteiger partial charge in [-0.15, -0.1) is 17.3 Å². The Morgan fingerprint density at radius 2 is 1.11 bits per heavy atom. The Bertz CT molecular complexity index is 2460. The Hall–Kier alpha value is -6.74. The van der Waals surface area contributed by atoms with E-state index in [2.05, 4.69) is 119 Å². The maximum atomic E-state index is 15.2. The molecule has 0 fully saturated rings. The van der Waals surface area contributed by atoms with Gasteiger partial charge in [-0.2, -0.15) is 0 Å². The molecule has 5 heteroatoms. The number of hydrogen-bond donors (Lipinski definition) is 0. The van der Waals surface area contributed by atoms with E-state index in [1.807, 2.05) is 79.7 Å². The summed E-state index contributed by atoms with van der Waals surface area (Å²) >= 11 is 1.51. The van der Waals surface area contributed by atoms with Gasteiger partial charge in [0, 0.05) is 49.5 Å². The Kier molecular flexibility index (Phi) is 11.3. The van der Waals surface area contributed by atoms with Crippen LogP contribution in [0.15, 0.2) is 194 Å². The summed E-state index contributed by atoms with van der Waals surface area (Å²) in [6.45, 7) is 7.51. The lowest BCUT2D eigenvalue weighted by molar-refractivity contribution is 0.578. The first-order valence-electron chi connectivity index (χ1n) is 18.0. The smallest absolute Gasteiger partial charge is 0.142 e. The molecule has 0 unspecified atom stereocenters. The molecule has 268 valence electrons. The monoisotopic (exact) mass is 736 g/mol. The molecule has 0 spiro atoms. The first-order valence-corrected chi connectivity index (χ1v) is 18.8. The Morgan fingerprint density at radius 1 is 0.618 bits per heavy atom. The number of rotatable bonds is 11. The summed E-state index contributed by atoms with van der Waals surface area (Å²) in [5, 5.41) is 0. The molecule has 1 heterocycles. The maximum absolute atomic E-state index is 15.2. The predicted molar refractivity (Wildman–Crippen MR) is 229 cm³/mol. The van der Waals surface area contributed by atoms with E-state index in [-0.39, 0.29) is 5.56 Å². The predicted octanol–water partition coefficient (Wildman–Crippen LogP) is 14.7. The number of hydrogen-bond acceptors (Lipinski definition) is 3. The fourth-order valence-corrected chi connectivity index (χ4v) is 7.77. The SMILES string of the molecule is C=C/C=C(\C=C/C)N(c1ccccc1)c1ccc(-c2sc(-c3cc(F)c(C#CC)c(F)c3)cc2-c2ccc(N(c3ccccc3)c3ccccc3)cc2)cc1. The first-order chi connectivity index (χ1) is 27.0. The Labute approximate surface area is 326 Å². The average molecular weight is 737 g/mol. The van der Waals surface area contributed by atoms with Crippen LogP contribution in [0.1, 0.15) is 19.4 Å². The van der Waals surface area contributed by atoms with Gasteiger partial charge in [0.2, 0.25) is 0 Å². The highest BCUT2D eigenvalue weighted by Crippen LogP contribution is 2.45. The van der Waals surface area contributed by atoms with Gasteiger partial charge in [-0.25, -0.2) is 8.78 Å². The van der Waals surface area contributed by atoms with E-state index in [1.165, 1.54) is 23.5 Å². The summed E-state index contributed by atoms with van der Waals surface area (Å²) in [7, 11) is 0. The van der Waals surface area contributed by atoms with Crippen molar-refractivity contribution in [3.8, 4) is 43.8 Å². The lowest BCUT2D eigenvalue weighted by Crippen LogP contribution is -2.14. The average Bonchev–Trinajstić information content (AvgIpc) is 3.67. The van der Waals surface area contributed by atoms with Crippen LogP contribution in [0.4, 0.5) is 37.2 Å². The summed E-state index contributed by atoms with van der Waals surface area (Å²) in [6, 6.07) is 52.4. The summed E-state index contributed by atoms with van der Waals surface area (Å²) in [4.78, 5) is 6.13. The van der Waals surface area contributed by atoms with Gasteiger partial charge in [0.25, 0.3) is 0 Å². The number of para-hydroxylation sites is 3. The molecule has 0 radical (unpaired) electrons. The standard InChI is InChI=1S/C50H38F2N2S/c1-4-16-39(17-5-2)53(40-19-10-7-11-20-40)44-31-27-37(28-32-44)50-46(35-49(55-50)38-33-47(51)45(18-6-3)48(52)34-38)36-25-29-43(30-26-36)54(41-21-12-8-13-22-41)42-23-14-9-15-24-42/h4-5,7-17,19-35H,1H2,2-3H3/b17-5-,39-16+. The van der Waals surface area contributed by atoms with E-state index >= 15 is 8.78 Å². The highest BCUT2D eigenvalue weighted by Gasteiger charge is 2.20. The zero-order valence-corrected chi connectivity index (χ0v) is 31.4. The highest BCUT2D eigenvalue weighted by molar-refractivity contribution is 7.19. The summed E-state index contributed by atoms with van der Waals surface area (Å²) in [5.74, 6) is 3.81. The van der Waals surface area contributed by atoms with E-state index in [1.54, 1.807) is 13.0 Å². The van der Waals surface area contributed by atoms with Crippen LogP contribution >= 0.6 is 11.3 Å². The van der Waals surface area contributed by atoms with Crippen LogP contribution in [-0.4, -0.2) is 0 Å². The molecule has 0 aliphatic rings. The molecule has 0 aliphatic heterocycles. The topological polar surface area (TPSA) is 6.48 Å². The number of thiophene rings is 1. The van der Waals surface area contributed by atoms with E-state index in [0.717, 1.165) is 60.6 Å². The molecule has 0 saturated carbocycles. The van der Waals surface area contributed by atoms with Crippen molar-refractivity contribution >= 4 is 39.8 Å². The third-order valence-electron chi connectivity index (χ3n) is 9.06. The fourth-order valence-electron chi connectivity index (χ4n) is 6.60. The van der Waals surface area contributed by atoms with Gasteiger partial charge >= 0.3 is 0 Å². The Morgan fingerprint density at radius 3 is 1.64 bits per heavy atom. The van der Waals surface area contributed by atoms with E-state index < -0.39 is 11.6 Å². The van der Waals surface area contributed by atoms with Crippen molar-refractivity contribution in [2.45, 2.75) is 13.8 Å². The molecular weight excluding hydrogens is 699 g/mol. The van der Waals surface area contributed by atoms with Gasteiger partial charge in [0.05, 0.1) is 5.56 Å². The van der Waals surface area contributed by atoms with Crippen molar-refractivity contribution in [2.75, 3.05) is 9.80 Å². The zero-order chi connectivity index (χ0) is 38.1. The minimum absolute atomic E-state index is 0.221. The lowest BCUT2D eigenvalue weighted by atomic mass is 10.00. The van der Waals surface area contributed by atoms with Gasteiger partial charge in [-0.1, -0.05) is 104 Å². The van der Waals surface area contributed by atoms with Gasteiger partial charge < -0.3 is 9.80 Å². The molecule has 0 amide bonds.